The van der Waals surface area contributed by atoms with Crippen LogP contribution < -0.4 is 0 Å². The fourth-order valence-corrected chi connectivity index (χ4v) is 5.99. The van der Waals surface area contributed by atoms with Crippen molar-refractivity contribution in [1.29, 1.82) is 0 Å². The van der Waals surface area contributed by atoms with E-state index in [0.717, 1.165) is 0 Å². The summed E-state index contributed by atoms with van der Waals surface area (Å²) in [6.07, 6.45) is 1.83. The third-order valence-electron chi connectivity index (χ3n) is 2.68. The fourth-order valence-electron chi connectivity index (χ4n) is 2.00. The van der Waals surface area contributed by atoms with E-state index in [2.05, 4.69) is 0 Å². The van der Waals surface area contributed by atoms with Gasteiger partial charge in [-0.1, -0.05) is 6.08 Å². The van der Waals surface area contributed by atoms with E-state index < -0.39 is 17.9 Å². The van der Waals surface area contributed by atoms with Gasteiger partial charge >= 0.3 is 17.9 Å². The molecule has 7 nitrogen and oxygen atoms in total. The van der Waals surface area contributed by atoms with Gasteiger partial charge in [-0.3, -0.25) is 0 Å². The molecule has 0 bridgehead atoms. The summed E-state index contributed by atoms with van der Waals surface area (Å²) in [4.78, 5) is 0. The van der Waals surface area contributed by atoms with Crippen LogP contribution in [0.25, 0.3) is 0 Å². The Labute approximate surface area is 149 Å². The Morgan fingerprint density at radius 3 is 1.25 bits per heavy atom. The van der Waals surface area contributed by atoms with Crippen molar-refractivity contribution in [3.63, 3.8) is 0 Å². The lowest BCUT2D eigenvalue weighted by molar-refractivity contribution is -0.0217. The molecule has 0 rings (SSSR count). The molecule has 24 heavy (non-hydrogen) atoms. The van der Waals surface area contributed by atoms with Gasteiger partial charge in [0.25, 0.3) is 0 Å². The fraction of sp³-hybridized carbons (Fsp3) is 0.867. The first-order valence-corrected chi connectivity index (χ1v) is 12.2. The Morgan fingerprint density at radius 1 is 0.542 bits per heavy atom. The molecule has 0 aromatic heterocycles. The van der Waals surface area contributed by atoms with Crippen LogP contribution in [0.4, 0.5) is 0 Å². The number of rotatable bonds is 16. The molecule has 0 N–H and O–H groups in total. The third-order valence-corrected chi connectivity index (χ3v) is 7.84. The van der Waals surface area contributed by atoms with Crippen LogP contribution in [-0.2, 0) is 31.0 Å². The minimum atomic E-state index is -3.11. The average molecular weight is 383 g/mol. The van der Waals surface area contributed by atoms with Gasteiger partial charge in [-0.05, 0) is 47.2 Å². The van der Waals surface area contributed by atoms with Crippen LogP contribution in [-0.4, -0.2) is 64.1 Å². The third kappa shape index (κ3) is 8.83. The Bertz CT molecular complexity index is 295. The van der Waals surface area contributed by atoms with Gasteiger partial charge in [0.1, 0.15) is 0 Å². The lowest BCUT2D eigenvalue weighted by atomic mass is 10.7. The molecule has 0 spiro atoms. The molecule has 0 aromatic carbocycles. The van der Waals surface area contributed by atoms with E-state index in [1.807, 2.05) is 53.3 Å². The van der Waals surface area contributed by atoms with Crippen molar-refractivity contribution in [2.75, 3.05) is 46.2 Å². The second-order valence-electron chi connectivity index (χ2n) is 4.42. The van der Waals surface area contributed by atoms with Crippen LogP contribution in [0.15, 0.2) is 11.8 Å². The molecule has 0 amide bonds. The molecular formula is C15H34O7Si2. The SMILES string of the molecule is CCO[Si](/C=C/CO[Si](OCC)(OCC)OCC)(OCC)OCC. The molecule has 9 heteroatoms. The van der Waals surface area contributed by atoms with E-state index in [0.29, 0.717) is 39.6 Å². The quantitative estimate of drug-likeness (QED) is 0.380. The first-order chi connectivity index (χ1) is 11.6. The lowest BCUT2D eigenvalue weighted by Crippen LogP contribution is -2.49. The van der Waals surface area contributed by atoms with Crippen LogP contribution in [0.2, 0.25) is 0 Å². The summed E-state index contributed by atoms with van der Waals surface area (Å²) in [5, 5.41) is 0. The molecule has 0 saturated carbocycles. The zero-order valence-electron chi connectivity index (χ0n) is 16.0. The van der Waals surface area contributed by atoms with E-state index >= 15 is 0 Å². The van der Waals surface area contributed by atoms with E-state index in [9.17, 15) is 0 Å². The highest BCUT2D eigenvalue weighted by Gasteiger charge is 2.45. The van der Waals surface area contributed by atoms with Gasteiger partial charge in [-0.25, -0.2) is 0 Å². The van der Waals surface area contributed by atoms with Crippen molar-refractivity contribution in [3.05, 3.63) is 11.8 Å². The van der Waals surface area contributed by atoms with Crippen LogP contribution in [0, 0.1) is 0 Å². The predicted molar refractivity (Wildman–Crippen MR) is 96.4 cm³/mol. The van der Waals surface area contributed by atoms with Crippen molar-refractivity contribution in [2.24, 2.45) is 0 Å². The van der Waals surface area contributed by atoms with Crippen LogP contribution in [0.5, 0.6) is 0 Å². The van der Waals surface area contributed by atoms with Gasteiger partial charge in [-0.2, -0.15) is 0 Å². The van der Waals surface area contributed by atoms with Crippen molar-refractivity contribution >= 4 is 17.9 Å². The molecule has 0 unspecified atom stereocenters. The van der Waals surface area contributed by atoms with Gasteiger partial charge in [-0.15, -0.1) is 0 Å². The van der Waals surface area contributed by atoms with E-state index in [-0.39, 0.29) is 6.61 Å². The van der Waals surface area contributed by atoms with Crippen LogP contribution >= 0.6 is 0 Å². The van der Waals surface area contributed by atoms with Gasteiger partial charge in [0.2, 0.25) is 0 Å². The zero-order chi connectivity index (χ0) is 18.3. The normalized spacial score (nSPS) is 13.1. The van der Waals surface area contributed by atoms with E-state index in [1.165, 1.54) is 0 Å². The highest BCUT2D eigenvalue weighted by Crippen LogP contribution is 2.14. The topological polar surface area (TPSA) is 64.6 Å². The molecule has 0 heterocycles. The maximum atomic E-state index is 5.82. The Balaban J connectivity index is 4.90. The van der Waals surface area contributed by atoms with E-state index in [1.54, 1.807) is 0 Å². The summed E-state index contributed by atoms with van der Waals surface area (Å²) in [5.74, 6) is 0. The summed E-state index contributed by atoms with van der Waals surface area (Å²) in [6.45, 7) is 14.6. The van der Waals surface area contributed by atoms with Crippen molar-refractivity contribution in [2.45, 2.75) is 41.5 Å². The van der Waals surface area contributed by atoms with Crippen molar-refractivity contribution in [3.8, 4) is 0 Å². The standard InChI is InChI=1S/C15H34O7Si2/c1-7-16-23(17-8-2,18-9-3)15-13-14-22-24(19-10-4,20-11-5)21-12-6/h13,15H,7-12,14H2,1-6H3/b15-13+. The highest BCUT2D eigenvalue weighted by molar-refractivity contribution is 6.66. The average Bonchev–Trinajstić information content (AvgIpc) is 2.53. The summed E-state index contributed by atoms with van der Waals surface area (Å²) >= 11 is 0. The molecular weight excluding hydrogens is 348 g/mol. The second-order valence-corrected chi connectivity index (χ2v) is 8.98. The smallest absolute Gasteiger partial charge is 0.371 e. The minimum absolute atomic E-state index is 0.272. The maximum absolute atomic E-state index is 5.82. The minimum Gasteiger partial charge on any atom is -0.371 e. The lowest BCUT2D eigenvalue weighted by Gasteiger charge is -2.27. The van der Waals surface area contributed by atoms with Gasteiger partial charge in [0, 0.05) is 39.6 Å². The summed E-state index contributed by atoms with van der Waals surface area (Å²) in [6, 6.07) is 0. The summed E-state index contributed by atoms with van der Waals surface area (Å²) < 4.78 is 40.0. The van der Waals surface area contributed by atoms with Gasteiger partial charge in [0.15, 0.2) is 0 Å². The Morgan fingerprint density at radius 2 is 0.917 bits per heavy atom. The molecule has 0 fully saturated rings. The van der Waals surface area contributed by atoms with Gasteiger partial charge in [0.05, 0.1) is 6.61 Å². The Hall–Kier alpha value is -0.106. The number of hydrogen-bond donors (Lipinski definition) is 0. The monoisotopic (exact) mass is 382 g/mol. The van der Waals surface area contributed by atoms with Crippen LogP contribution in [0.1, 0.15) is 41.5 Å². The van der Waals surface area contributed by atoms with Crippen molar-refractivity contribution in [1.82, 2.24) is 0 Å². The molecule has 0 saturated heterocycles. The molecule has 0 aliphatic rings. The first-order valence-electron chi connectivity index (χ1n) is 8.72. The summed E-state index contributed by atoms with van der Waals surface area (Å²) in [5.41, 5.74) is 1.84. The molecule has 0 aromatic rings. The Kier molecular flexibility index (Phi) is 14.0. The zero-order valence-corrected chi connectivity index (χ0v) is 18.0. The first kappa shape index (κ1) is 23.9. The molecule has 0 radical (unpaired) electrons. The maximum Gasteiger partial charge on any atom is 0.679 e. The predicted octanol–water partition coefficient (Wildman–Crippen LogP) is 2.69. The summed E-state index contributed by atoms with van der Waals surface area (Å²) in [7, 11) is -5.92. The molecule has 0 aliphatic heterocycles. The molecule has 0 atom stereocenters. The van der Waals surface area contributed by atoms with Crippen LogP contribution in [0.3, 0.4) is 0 Å². The highest BCUT2D eigenvalue weighted by atomic mass is 28.4. The second kappa shape index (κ2) is 14.1. The largest absolute Gasteiger partial charge is 0.679 e. The van der Waals surface area contributed by atoms with Crippen molar-refractivity contribution < 1.29 is 31.0 Å². The molecule has 144 valence electrons. The number of hydrogen-bond acceptors (Lipinski definition) is 7. The van der Waals surface area contributed by atoms with Gasteiger partial charge < -0.3 is 31.0 Å². The van der Waals surface area contributed by atoms with E-state index in [4.69, 9.17) is 31.0 Å². The molecule has 0 aliphatic carbocycles.